The molecule has 0 radical (unpaired) electrons. The molecule has 0 fully saturated rings. The first-order chi connectivity index (χ1) is 8.96. The summed E-state index contributed by atoms with van der Waals surface area (Å²) < 4.78 is 25.7. The molecule has 0 saturated heterocycles. The van der Waals surface area contributed by atoms with Crippen LogP contribution >= 0.6 is 11.6 Å². The van der Waals surface area contributed by atoms with Gasteiger partial charge in [0.1, 0.15) is 0 Å². The molecule has 2 rings (SSSR count). The standard InChI is InChI=1S/C14H14ClNO2S/c1-19(17,18)16-14(11-5-3-2-4-6-11)12-7-9-13(15)10-8-12/h2-10,14,16H,1H3. The van der Waals surface area contributed by atoms with Gasteiger partial charge in [-0.3, -0.25) is 0 Å². The lowest BCUT2D eigenvalue weighted by Gasteiger charge is -2.18. The van der Waals surface area contributed by atoms with Gasteiger partial charge >= 0.3 is 0 Å². The average Bonchev–Trinajstić information content (AvgIpc) is 2.37. The maximum absolute atomic E-state index is 11.5. The summed E-state index contributed by atoms with van der Waals surface area (Å²) in [5, 5.41) is 0.620. The van der Waals surface area contributed by atoms with Gasteiger partial charge in [-0.2, -0.15) is 0 Å². The van der Waals surface area contributed by atoms with Gasteiger partial charge in [0.15, 0.2) is 0 Å². The predicted octanol–water partition coefficient (Wildman–Crippen LogP) is 2.98. The average molecular weight is 296 g/mol. The van der Waals surface area contributed by atoms with Gasteiger partial charge in [0.05, 0.1) is 12.3 Å². The molecule has 1 unspecified atom stereocenters. The van der Waals surface area contributed by atoms with E-state index in [0.717, 1.165) is 17.4 Å². The molecule has 0 aromatic heterocycles. The summed E-state index contributed by atoms with van der Waals surface area (Å²) in [4.78, 5) is 0. The maximum Gasteiger partial charge on any atom is 0.209 e. The minimum Gasteiger partial charge on any atom is -0.213 e. The highest BCUT2D eigenvalue weighted by Crippen LogP contribution is 2.24. The molecule has 5 heteroatoms. The van der Waals surface area contributed by atoms with Crippen molar-refractivity contribution in [1.29, 1.82) is 0 Å². The molecule has 0 amide bonds. The molecule has 1 atom stereocenters. The van der Waals surface area contributed by atoms with E-state index >= 15 is 0 Å². The van der Waals surface area contributed by atoms with E-state index in [-0.39, 0.29) is 0 Å². The quantitative estimate of drug-likeness (QED) is 0.942. The second-order valence-corrected chi connectivity index (χ2v) is 6.50. The molecule has 0 aliphatic carbocycles. The minimum atomic E-state index is -3.31. The molecule has 0 saturated carbocycles. The molecule has 1 N–H and O–H groups in total. The van der Waals surface area contributed by atoms with Gasteiger partial charge in [-0.05, 0) is 23.3 Å². The van der Waals surface area contributed by atoms with E-state index in [9.17, 15) is 8.42 Å². The van der Waals surface area contributed by atoms with Crippen LogP contribution in [0.2, 0.25) is 5.02 Å². The molecule has 19 heavy (non-hydrogen) atoms. The van der Waals surface area contributed by atoms with E-state index in [1.807, 2.05) is 42.5 Å². The van der Waals surface area contributed by atoms with E-state index in [2.05, 4.69) is 4.72 Å². The van der Waals surface area contributed by atoms with Gasteiger partial charge in [0.2, 0.25) is 10.0 Å². The second-order valence-electron chi connectivity index (χ2n) is 4.29. The zero-order valence-corrected chi connectivity index (χ0v) is 11.9. The first-order valence-electron chi connectivity index (χ1n) is 5.73. The fourth-order valence-corrected chi connectivity index (χ4v) is 2.67. The number of hydrogen-bond donors (Lipinski definition) is 1. The van der Waals surface area contributed by atoms with E-state index in [4.69, 9.17) is 11.6 Å². The van der Waals surface area contributed by atoms with Gasteiger partial charge in [-0.1, -0.05) is 54.1 Å². The Bertz CT molecular complexity index is 639. The Labute approximate surface area is 118 Å². The van der Waals surface area contributed by atoms with Crippen LogP contribution in [0.25, 0.3) is 0 Å². The smallest absolute Gasteiger partial charge is 0.209 e. The molecular weight excluding hydrogens is 282 g/mol. The van der Waals surface area contributed by atoms with Gasteiger partial charge in [0, 0.05) is 5.02 Å². The van der Waals surface area contributed by atoms with Crippen LogP contribution < -0.4 is 4.72 Å². The molecule has 0 heterocycles. The van der Waals surface area contributed by atoms with Crippen LogP contribution in [0.15, 0.2) is 54.6 Å². The molecule has 2 aromatic carbocycles. The fourth-order valence-electron chi connectivity index (χ4n) is 1.84. The van der Waals surface area contributed by atoms with E-state index < -0.39 is 16.1 Å². The highest BCUT2D eigenvalue weighted by molar-refractivity contribution is 7.88. The Balaban J connectivity index is 2.43. The number of rotatable bonds is 4. The van der Waals surface area contributed by atoms with Crippen molar-refractivity contribution in [2.75, 3.05) is 6.26 Å². The molecule has 3 nitrogen and oxygen atoms in total. The number of halogens is 1. The molecule has 2 aromatic rings. The lowest BCUT2D eigenvalue weighted by molar-refractivity contribution is 0.578. The lowest BCUT2D eigenvalue weighted by Crippen LogP contribution is -2.28. The fraction of sp³-hybridized carbons (Fsp3) is 0.143. The van der Waals surface area contributed by atoms with Crippen LogP contribution in [0, 0.1) is 0 Å². The Hall–Kier alpha value is -1.36. The van der Waals surface area contributed by atoms with Crippen LogP contribution in [0.5, 0.6) is 0 Å². The Morgan fingerprint density at radius 3 is 2.00 bits per heavy atom. The van der Waals surface area contributed by atoms with Gasteiger partial charge < -0.3 is 0 Å². The van der Waals surface area contributed by atoms with Crippen molar-refractivity contribution >= 4 is 21.6 Å². The van der Waals surface area contributed by atoms with E-state index in [1.165, 1.54) is 0 Å². The third-order valence-electron chi connectivity index (χ3n) is 2.67. The SMILES string of the molecule is CS(=O)(=O)NC(c1ccccc1)c1ccc(Cl)cc1. The summed E-state index contributed by atoms with van der Waals surface area (Å²) in [5.74, 6) is 0. The summed E-state index contributed by atoms with van der Waals surface area (Å²) in [6, 6.07) is 16.1. The molecule has 0 aliphatic rings. The highest BCUT2D eigenvalue weighted by atomic mass is 35.5. The van der Waals surface area contributed by atoms with Crippen LogP contribution in [0.1, 0.15) is 17.2 Å². The van der Waals surface area contributed by atoms with E-state index in [0.29, 0.717) is 5.02 Å². The normalized spacial score (nSPS) is 13.2. The Morgan fingerprint density at radius 1 is 0.947 bits per heavy atom. The van der Waals surface area contributed by atoms with Crippen molar-refractivity contribution < 1.29 is 8.42 Å². The van der Waals surface area contributed by atoms with Crippen LogP contribution in [0.3, 0.4) is 0 Å². The van der Waals surface area contributed by atoms with Gasteiger partial charge in [0.25, 0.3) is 0 Å². The van der Waals surface area contributed by atoms with Crippen LogP contribution in [-0.4, -0.2) is 14.7 Å². The summed E-state index contributed by atoms with van der Waals surface area (Å²) >= 11 is 5.86. The number of benzene rings is 2. The molecule has 0 spiro atoms. The number of hydrogen-bond acceptors (Lipinski definition) is 2. The monoisotopic (exact) mass is 295 g/mol. The first kappa shape index (κ1) is 14.1. The van der Waals surface area contributed by atoms with Crippen molar-refractivity contribution in [1.82, 2.24) is 4.72 Å². The van der Waals surface area contributed by atoms with Gasteiger partial charge in [-0.15, -0.1) is 0 Å². The van der Waals surface area contributed by atoms with Crippen molar-refractivity contribution in [3.63, 3.8) is 0 Å². The number of sulfonamides is 1. The third kappa shape index (κ3) is 4.06. The van der Waals surface area contributed by atoms with Crippen molar-refractivity contribution in [2.24, 2.45) is 0 Å². The molecule has 100 valence electrons. The summed E-state index contributed by atoms with van der Waals surface area (Å²) in [6.45, 7) is 0. The zero-order valence-electron chi connectivity index (χ0n) is 10.4. The zero-order chi connectivity index (χ0) is 13.9. The van der Waals surface area contributed by atoms with Gasteiger partial charge in [-0.25, -0.2) is 13.1 Å². The molecule has 0 bridgehead atoms. The molecule has 0 aliphatic heterocycles. The van der Waals surface area contributed by atoms with Crippen molar-refractivity contribution in [3.8, 4) is 0 Å². The highest BCUT2D eigenvalue weighted by Gasteiger charge is 2.17. The minimum absolute atomic E-state index is 0.409. The summed E-state index contributed by atoms with van der Waals surface area (Å²) in [6.07, 6.45) is 1.15. The maximum atomic E-state index is 11.5. The third-order valence-corrected chi connectivity index (χ3v) is 3.58. The Morgan fingerprint density at radius 2 is 1.47 bits per heavy atom. The summed E-state index contributed by atoms with van der Waals surface area (Å²) in [7, 11) is -3.31. The topological polar surface area (TPSA) is 46.2 Å². The molecular formula is C14H14ClNO2S. The lowest BCUT2D eigenvalue weighted by atomic mass is 10.00. The second kappa shape index (κ2) is 5.74. The largest absolute Gasteiger partial charge is 0.213 e. The van der Waals surface area contributed by atoms with E-state index in [1.54, 1.807) is 12.1 Å². The predicted molar refractivity (Wildman–Crippen MR) is 77.7 cm³/mol. The number of nitrogens with one attached hydrogen (secondary N) is 1. The Kier molecular flexibility index (Phi) is 4.24. The van der Waals surface area contributed by atoms with Crippen molar-refractivity contribution in [3.05, 3.63) is 70.7 Å². The van der Waals surface area contributed by atoms with Crippen LogP contribution in [0.4, 0.5) is 0 Å². The first-order valence-corrected chi connectivity index (χ1v) is 8.00. The van der Waals surface area contributed by atoms with Crippen molar-refractivity contribution in [2.45, 2.75) is 6.04 Å². The summed E-state index contributed by atoms with van der Waals surface area (Å²) in [5.41, 5.74) is 1.73. The van der Waals surface area contributed by atoms with Crippen LogP contribution in [-0.2, 0) is 10.0 Å².